The van der Waals surface area contributed by atoms with Crippen molar-refractivity contribution in [3.63, 3.8) is 0 Å². The summed E-state index contributed by atoms with van der Waals surface area (Å²) >= 11 is 6.51. The minimum absolute atomic E-state index is 0.792. The smallest absolute Gasteiger partial charge is 0.0430 e. The van der Waals surface area contributed by atoms with Gasteiger partial charge in [-0.2, -0.15) is 0 Å². The van der Waals surface area contributed by atoms with Crippen molar-refractivity contribution in [2.24, 2.45) is 5.92 Å². The Labute approximate surface area is 55.7 Å². The van der Waals surface area contributed by atoms with E-state index in [2.05, 4.69) is 13.8 Å². The van der Waals surface area contributed by atoms with Crippen LogP contribution in [0.25, 0.3) is 0 Å². The van der Waals surface area contributed by atoms with Crippen molar-refractivity contribution in [2.75, 3.05) is 5.75 Å². The van der Waals surface area contributed by atoms with E-state index in [1.807, 2.05) is 0 Å². The van der Waals surface area contributed by atoms with E-state index in [0.717, 1.165) is 12.5 Å². The third-order valence-corrected chi connectivity index (χ3v) is 3.09. The van der Waals surface area contributed by atoms with Gasteiger partial charge in [-0.1, -0.05) is 25.2 Å². The van der Waals surface area contributed by atoms with Gasteiger partial charge in [0.25, 0.3) is 0 Å². The third kappa shape index (κ3) is 6.87. The quantitative estimate of drug-likeness (QED) is 0.570. The molecule has 0 unspecified atom stereocenters. The lowest BCUT2D eigenvalue weighted by atomic mass is 10.3. The molecule has 0 aromatic carbocycles. The van der Waals surface area contributed by atoms with Crippen LogP contribution in [0, 0.1) is 5.92 Å². The van der Waals surface area contributed by atoms with Crippen LogP contribution in [0.4, 0.5) is 0 Å². The first-order valence-corrected chi connectivity index (χ1v) is 5.72. The lowest BCUT2D eigenvalue weighted by Gasteiger charge is -1.95. The Morgan fingerprint density at radius 3 is 2.43 bits per heavy atom. The van der Waals surface area contributed by atoms with Crippen molar-refractivity contribution in [1.82, 2.24) is 0 Å². The van der Waals surface area contributed by atoms with Gasteiger partial charge in [0.1, 0.15) is 0 Å². The van der Waals surface area contributed by atoms with Crippen molar-refractivity contribution in [1.29, 1.82) is 0 Å². The van der Waals surface area contributed by atoms with Gasteiger partial charge >= 0.3 is 0 Å². The maximum Gasteiger partial charge on any atom is 0.0430 e. The van der Waals surface area contributed by atoms with Crippen LogP contribution >= 0.6 is 17.9 Å². The first-order chi connectivity index (χ1) is 3.27. The van der Waals surface area contributed by atoms with Crippen molar-refractivity contribution in [3.8, 4) is 0 Å². The normalized spacial score (nSPS) is 10.7. The predicted octanol–water partition coefficient (Wildman–Crippen LogP) is 2.70. The molecule has 0 saturated heterocycles. The molecule has 0 aromatic heterocycles. The van der Waals surface area contributed by atoms with Gasteiger partial charge in [0, 0.05) is 12.3 Å². The third-order valence-electron chi connectivity index (χ3n) is 0.461. The van der Waals surface area contributed by atoms with Crippen LogP contribution < -0.4 is 0 Å². The maximum absolute atomic E-state index is 4.71. The van der Waals surface area contributed by atoms with Crippen LogP contribution in [0.15, 0.2) is 0 Å². The van der Waals surface area contributed by atoms with Gasteiger partial charge in [0.05, 0.1) is 0 Å². The van der Waals surface area contributed by atoms with Gasteiger partial charge < -0.3 is 0 Å². The highest BCUT2D eigenvalue weighted by Gasteiger charge is 1.88. The van der Waals surface area contributed by atoms with E-state index in [4.69, 9.17) is 11.8 Å². The maximum atomic E-state index is 4.71. The standard InChI is InChI=1S/C4H9PS2/c1-4(2)3-7-5-6/h4H,3H2,1-2H3. The fourth-order valence-electron chi connectivity index (χ4n) is 0.180. The average Bonchev–Trinajstić information content (AvgIpc) is 1.61. The van der Waals surface area contributed by atoms with E-state index in [1.54, 1.807) is 11.4 Å². The summed E-state index contributed by atoms with van der Waals surface area (Å²) in [5.74, 6) is 1.99. The molecule has 0 fully saturated rings. The van der Waals surface area contributed by atoms with Crippen LogP contribution in [-0.2, 0) is 11.8 Å². The molecule has 0 aliphatic rings. The Hall–Kier alpha value is 0.870. The average molecular weight is 152 g/mol. The largest absolute Gasteiger partial charge is 0.0904 e. The lowest BCUT2D eigenvalue weighted by Crippen LogP contribution is -1.85. The number of hydrogen-bond donors (Lipinski definition) is 0. The topological polar surface area (TPSA) is 0 Å². The fourth-order valence-corrected chi connectivity index (χ4v) is 2.16. The summed E-state index contributed by atoms with van der Waals surface area (Å²) < 4.78 is 0. The number of hydrogen-bond acceptors (Lipinski definition) is 2. The summed E-state index contributed by atoms with van der Waals surface area (Å²) in [5.41, 5.74) is 0. The van der Waals surface area contributed by atoms with Gasteiger partial charge in [-0.15, -0.1) is 0 Å². The molecule has 0 N–H and O–H groups in total. The highest BCUT2D eigenvalue weighted by Crippen LogP contribution is 2.19. The molecule has 0 nitrogen and oxygen atoms in total. The molecule has 0 spiro atoms. The Morgan fingerprint density at radius 2 is 2.29 bits per heavy atom. The van der Waals surface area contributed by atoms with E-state index in [9.17, 15) is 0 Å². The molecule has 0 heterocycles. The monoisotopic (exact) mass is 152 g/mol. The highest BCUT2D eigenvalue weighted by atomic mass is 32.9. The van der Waals surface area contributed by atoms with E-state index in [-0.39, 0.29) is 0 Å². The molecular formula is C4H9PS2. The fraction of sp³-hybridized carbons (Fsp3) is 1.00. The van der Waals surface area contributed by atoms with Crippen LogP contribution in [0.3, 0.4) is 0 Å². The number of rotatable bonds is 3. The minimum Gasteiger partial charge on any atom is -0.0904 e. The Bertz CT molecular complexity index is 53.7. The van der Waals surface area contributed by atoms with E-state index >= 15 is 0 Å². The Kier molecular flexibility index (Phi) is 5.64. The van der Waals surface area contributed by atoms with E-state index in [1.165, 1.54) is 5.75 Å². The second-order valence-electron chi connectivity index (χ2n) is 1.76. The molecule has 0 atom stereocenters. The van der Waals surface area contributed by atoms with Crippen LogP contribution in [0.2, 0.25) is 0 Å². The molecule has 0 saturated carbocycles. The Balaban J connectivity index is 2.81. The van der Waals surface area contributed by atoms with Gasteiger partial charge in [-0.3, -0.25) is 0 Å². The molecule has 0 amide bonds. The zero-order valence-corrected chi connectivity index (χ0v) is 7.08. The summed E-state index contributed by atoms with van der Waals surface area (Å²) in [5, 5.41) is 0. The summed E-state index contributed by atoms with van der Waals surface area (Å²) in [6, 6.07) is 0. The minimum atomic E-state index is 0.792. The SMILES string of the molecule is CC(C)CSP=S. The molecule has 42 valence electrons. The molecule has 0 bridgehead atoms. The highest BCUT2D eigenvalue weighted by molar-refractivity contribution is 8.57. The second kappa shape index (κ2) is 5.02. The van der Waals surface area contributed by atoms with Gasteiger partial charge in [-0.05, 0) is 17.7 Å². The van der Waals surface area contributed by atoms with Crippen molar-refractivity contribution in [3.05, 3.63) is 0 Å². The van der Waals surface area contributed by atoms with Gasteiger partial charge in [-0.25, -0.2) is 0 Å². The molecule has 7 heavy (non-hydrogen) atoms. The predicted molar refractivity (Wildman–Crippen MR) is 41.6 cm³/mol. The molecular weight excluding hydrogens is 143 g/mol. The Morgan fingerprint density at radius 1 is 1.71 bits per heavy atom. The molecule has 0 aliphatic heterocycles. The van der Waals surface area contributed by atoms with Gasteiger partial charge in [0.15, 0.2) is 0 Å². The molecule has 0 rings (SSSR count). The first kappa shape index (κ1) is 7.87. The van der Waals surface area contributed by atoms with Crippen molar-refractivity contribution in [2.45, 2.75) is 13.8 Å². The zero-order chi connectivity index (χ0) is 5.70. The molecule has 0 radical (unpaired) electrons. The zero-order valence-electron chi connectivity index (χ0n) is 4.55. The van der Waals surface area contributed by atoms with Crippen molar-refractivity contribution < 1.29 is 0 Å². The van der Waals surface area contributed by atoms with Crippen LogP contribution in [-0.4, -0.2) is 5.75 Å². The van der Waals surface area contributed by atoms with E-state index < -0.39 is 0 Å². The summed E-state index contributed by atoms with van der Waals surface area (Å²) in [6.45, 7) is 5.44. The summed E-state index contributed by atoms with van der Waals surface area (Å²) in [6.07, 6.45) is 0. The second-order valence-corrected chi connectivity index (χ2v) is 5.07. The molecule has 3 heteroatoms. The van der Waals surface area contributed by atoms with Crippen LogP contribution in [0.1, 0.15) is 13.8 Å². The van der Waals surface area contributed by atoms with E-state index in [0.29, 0.717) is 0 Å². The van der Waals surface area contributed by atoms with Gasteiger partial charge in [0.2, 0.25) is 0 Å². The molecule has 0 aliphatic carbocycles. The lowest BCUT2D eigenvalue weighted by molar-refractivity contribution is 0.752. The van der Waals surface area contributed by atoms with Crippen molar-refractivity contribution >= 4 is 29.7 Å². The molecule has 0 aromatic rings. The van der Waals surface area contributed by atoms with Crippen LogP contribution in [0.5, 0.6) is 0 Å². The first-order valence-electron chi connectivity index (χ1n) is 2.22. The summed E-state index contributed by atoms with van der Waals surface area (Å²) in [7, 11) is 0. The summed E-state index contributed by atoms with van der Waals surface area (Å²) in [4.78, 5) is 0.